The zero-order chi connectivity index (χ0) is 26.9. The molecule has 0 saturated heterocycles. The molecule has 0 atom stereocenters. The summed E-state index contributed by atoms with van der Waals surface area (Å²) in [6.45, 7) is 8.49. The standard InChI is InChI=1S/C33H37NO4.Na.H/c1-33(2,3)26-13-11-25(12-14-26)30-28-19-22(16-17-38-21-23-8-9-23)10-15-29(28)34(31(30)32(35)36)20-24-6-5-7-27(18-24)37-4;;/h5-7,10-15,18-19,23H,8-9,16-17,20-21H2,1-4H3,(H,35,36);;/q;+1;-1. The minimum atomic E-state index is -0.937. The zero-order valence-electron chi connectivity index (χ0n) is 24.8. The summed E-state index contributed by atoms with van der Waals surface area (Å²) in [7, 11) is 1.64. The molecule has 5 nitrogen and oxygen atoms in total. The van der Waals surface area contributed by atoms with Crippen LogP contribution < -0.4 is 34.3 Å². The van der Waals surface area contributed by atoms with E-state index in [9.17, 15) is 9.90 Å². The average Bonchev–Trinajstić information content (AvgIpc) is 3.67. The van der Waals surface area contributed by atoms with E-state index in [4.69, 9.17) is 9.47 Å². The van der Waals surface area contributed by atoms with Gasteiger partial charge in [-0.05, 0) is 77.1 Å². The number of carboxylic acid groups (broad SMARTS) is 1. The third-order valence-electron chi connectivity index (χ3n) is 7.43. The molecular formula is C33H38NNaO4. The summed E-state index contributed by atoms with van der Waals surface area (Å²) in [4.78, 5) is 12.8. The van der Waals surface area contributed by atoms with E-state index in [0.29, 0.717) is 18.8 Å². The predicted molar refractivity (Wildman–Crippen MR) is 153 cm³/mol. The Labute approximate surface area is 254 Å². The fraction of sp³-hybridized carbons (Fsp3) is 0.364. The number of aromatic nitrogens is 1. The first-order chi connectivity index (χ1) is 18.2. The van der Waals surface area contributed by atoms with Gasteiger partial charge in [0.2, 0.25) is 0 Å². The van der Waals surface area contributed by atoms with Gasteiger partial charge in [-0.3, -0.25) is 0 Å². The molecule has 6 heteroatoms. The molecule has 0 radical (unpaired) electrons. The second-order valence-corrected chi connectivity index (χ2v) is 11.4. The maximum absolute atomic E-state index is 12.8. The van der Waals surface area contributed by atoms with Crippen molar-refractivity contribution in [1.29, 1.82) is 0 Å². The number of ether oxygens (including phenoxy) is 2. The van der Waals surface area contributed by atoms with Crippen LogP contribution in [0, 0.1) is 5.92 Å². The molecule has 39 heavy (non-hydrogen) atoms. The number of hydrogen-bond acceptors (Lipinski definition) is 3. The van der Waals surface area contributed by atoms with Gasteiger partial charge in [0.25, 0.3) is 0 Å². The molecule has 0 amide bonds. The maximum Gasteiger partial charge on any atom is 1.00 e. The molecule has 3 aromatic carbocycles. The van der Waals surface area contributed by atoms with Crippen LogP contribution in [0.1, 0.15) is 62.2 Å². The van der Waals surface area contributed by atoms with Gasteiger partial charge in [-0.15, -0.1) is 0 Å². The molecular weight excluding hydrogens is 497 g/mol. The Kier molecular flexibility index (Phi) is 9.28. The number of carbonyl (C=O) groups is 1. The van der Waals surface area contributed by atoms with Crippen molar-refractivity contribution in [2.45, 2.75) is 52.0 Å². The van der Waals surface area contributed by atoms with E-state index in [1.165, 1.54) is 18.4 Å². The molecule has 5 rings (SSSR count). The largest absolute Gasteiger partial charge is 1.00 e. The third-order valence-corrected chi connectivity index (χ3v) is 7.43. The van der Waals surface area contributed by atoms with Gasteiger partial charge in [0.05, 0.1) is 13.7 Å². The molecule has 1 saturated carbocycles. The molecule has 1 N–H and O–H groups in total. The molecule has 0 aliphatic heterocycles. The van der Waals surface area contributed by atoms with Crippen molar-refractivity contribution in [1.82, 2.24) is 4.57 Å². The summed E-state index contributed by atoms with van der Waals surface area (Å²) in [5.74, 6) is 0.555. The molecule has 0 spiro atoms. The molecule has 1 aliphatic carbocycles. The third kappa shape index (κ3) is 6.78. The van der Waals surface area contributed by atoms with Crippen LogP contribution in [-0.4, -0.2) is 36.0 Å². The first-order valence-corrected chi connectivity index (χ1v) is 13.4. The van der Waals surface area contributed by atoms with Crippen molar-refractivity contribution >= 4 is 16.9 Å². The molecule has 1 aliphatic rings. The van der Waals surface area contributed by atoms with Gasteiger partial charge in [-0.2, -0.15) is 0 Å². The summed E-state index contributed by atoms with van der Waals surface area (Å²) in [6.07, 6.45) is 3.36. The minimum absolute atomic E-state index is 0. The predicted octanol–water partition coefficient (Wildman–Crippen LogP) is 4.45. The number of benzene rings is 3. The van der Waals surface area contributed by atoms with E-state index < -0.39 is 5.97 Å². The smallest absolute Gasteiger partial charge is 1.00 e. The first-order valence-electron chi connectivity index (χ1n) is 13.4. The minimum Gasteiger partial charge on any atom is -1.00 e. The molecule has 1 fully saturated rings. The van der Waals surface area contributed by atoms with Crippen LogP contribution in [0.15, 0.2) is 66.7 Å². The van der Waals surface area contributed by atoms with Gasteiger partial charge in [0.15, 0.2) is 0 Å². The molecule has 1 heterocycles. The number of nitrogens with zero attached hydrogens (tertiary/aromatic N) is 1. The first kappa shape index (κ1) is 29.4. The van der Waals surface area contributed by atoms with Crippen LogP contribution in [0.25, 0.3) is 22.0 Å². The van der Waals surface area contributed by atoms with Crippen LogP contribution >= 0.6 is 0 Å². The van der Waals surface area contributed by atoms with Crippen LogP contribution in [0.3, 0.4) is 0 Å². The quantitative estimate of drug-likeness (QED) is 0.241. The Bertz CT molecular complexity index is 1450. The van der Waals surface area contributed by atoms with Gasteiger partial charge in [0, 0.05) is 29.6 Å². The fourth-order valence-electron chi connectivity index (χ4n) is 5.05. The second-order valence-electron chi connectivity index (χ2n) is 11.4. The monoisotopic (exact) mass is 535 g/mol. The zero-order valence-corrected chi connectivity index (χ0v) is 25.8. The van der Waals surface area contributed by atoms with Crippen molar-refractivity contribution in [2.75, 3.05) is 20.3 Å². The SMILES string of the molecule is COc1cccc(Cn2c(C(=O)O)c(-c3ccc(C(C)(C)C)cc3)c3cc(CCOCC4CC4)ccc32)c1.[H-].[Na+]. The average molecular weight is 536 g/mol. The van der Waals surface area contributed by atoms with Gasteiger partial charge in [-0.1, -0.05) is 63.2 Å². The van der Waals surface area contributed by atoms with E-state index in [1.54, 1.807) is 7.11 Å². The van der Waals surface area contributed by atoms with Gasteiger partial charge in [0.1, 0.15) is 11.4 Å². The van der Waals surface area contributed by atoms with Gasteiger partial charge < -0.3 is 20.6 Å². The number of rotatable bonds is 10. The van der Waals surface area contributed by atoms with Crippen LogP contribution in [0.2, 0.25) is 0 Å². The van der Waals surface area contributed by atoms with Crippen LogP contribution in [-0.2, 0) is 23.1 Å². The summed E-state index contributed by atoms with van der Waals surface area (Å²) in [5, 5.41) is 11.5. The number of carboxylic acids is 1. The molecule has 4 aromatic rings. The van der Waals surface area contributed by atoms with Crippen molar-refractivity contribution in [3.05, 3.63) is 89.1 Å². The van der Waals surface area contributed by atoms with Crippen molar-refractivity contribution in [2.24, 2.45) is 5.92 Å². The molecule has 200 valence electrons. The van der Waals surface area contributed by atoms with Crippen molar-refractivity contribution in [3.63, 3.8) is 0 Å². The summed E-state index contributed by atoms with van der Waals surface area (Å²) < 4.78 is 13.2. The van der Waals surface area contributed by atoms with Crippen LogP contribution in [0.4, 0.5) is 0 Å². The van der Waals surface area contributed by atoms with E-state index >= 15 is 0 Å². The normalized spacial score (nSPS) is 13.3. The molecule has 0 unspecified atom stereocenters. The van der Waals surface area contributed by atoms with Crippen LogP contribution in [0.5, 0.6) is 5.75 Å². The summed E-state index contributed by atoms with van der Waals surface area (Å²) in [6, 6.07) is 22.5. The number of aromatic carboxylic acids is 1. The number of fused-ring (bicyclic) bond motifs is 1. The molecule has 0 bridgehead atoms. The summed E-state index contributed by atoms with van der Waals surface area (Å²) in [5.41, 5.74) is 6.24. The Morgan fingerprint density at radius 1 is 1.03 bits per heavy atom. The van der Waals surface area contributed by atoms with E-state index in [2.05, 4.69) is 63.2 Å². The van der Waals surface area contributed by atoms with E-state index in [0.717, 1.165) is 57.9 Å². The van der Waals surface area contributed by atoms with E-state index in [1.807, 2.05) is 28.8 Å². The van der Waals surface area contributed by atoms with Gasteiger partial charge in [-0.25, -0.2) is 4.79 Å². The van der Waals surface area contributed by atoms with E-state index in [-0.39, 0.29) is 36.4 Å². The molecule has 1 aromatic heterocycles. The topological polar surface area (TPSA) is 60.7 Å². The van der Waals surface area contributed by atoms with Crippen molar-refractivity contribution in [3.8, 4) is 16.9 Å². The summed E-state index contributed by atoms with van der Waals surface area (Å²) >= 11 is 0. The Morgan fingerprint density at radius 3 is 2.41 bits per heavy atom. The Morgan fingerprint density at radius 2 is 1.77 bits per heavy atom. The van der Waals surface area contributed by atoms with Gasteiger partial charge >= 0.3 is 35.5 Å². The number of hydrogen-bond donors (Lipinski definition) is 1. The van der Waals surface area contributed by atoms with Crippen molar-refractivity contribution < 1.29 is 50.4 Å². The Balaban J connectivity index is 0.00000220. The fourth-order valence-corrected chi connectivity index (χ4v) is 5.05. The second kappa shape index (κ2) is 12.3. The Hall–Kier alpha value is -2.57. The maximum atomic E-state index is 12.8. The number of methoxy groups -OCH3 is 1.